The van der Waals surface area contributed by atoms with Gasteiger partial charge >= 0.3 is 0 Å². The van der Waals surface area contributed by atoms with Crippen molar-refractivity contribution in [2.75, 3.05) is 13.1 Å². The van der Waals surface area contributed by atoms with Crippen molar-refractivity contribution in [2.45, 2.75) is 22.4 Å². The SMILES string of the molecule is Cc1ccc(S(=O)(=O)NCCCNS(=O)(=O)c2ccc(Cl)s2)cc1. The van der Waals surface area contributed by atoms with Crippen molar-refractivity contribution in [1.29, 1.82) is 0 Å². The lowest BCUT2D eigenvalue weighted by atomic mass is 10.2. The number of hydrogen-bond donors (Lipinski definition) is 2. The molecule has 2 rings (SSSR count). The van der Waals surface area contributed by atoms with Crippen LogP contribution in [-0.2, 0) is 20.0 Å². The van der Waals surface area contributed by atoms with Gasteiger partial charge in [-0.2, -0.15) is 0 Å². The molecule has 0 unspecified atom stereocenters. The van der Waals surface area contributed by atoms with Gasteiger partial charge in [-0.25, -0.2) is 26.3 Å². The summed E-state index contributed by atoms with van der Waals surface area (Å²) in [6.07, 6.45) is 0.323. The third kappa shape index (κ3) is 5.27. The Labute approximate surface area is 151 Å². The van der Waals surface area contributed by atoms with Crippen LogP contribution in [-0.4, -0.2) is 29.9 Å². The molecule has 0 radical (unpaired) electrons. The maximum absolute atomic E-state index is 12.1. The van der Waals surface area contributed by atoms with Crippen LogP contribution in [0, 0.1) is 6.92 Å². The van der Waals surface area contributed by atoms with Crippen molar-refractivity contribution in [3.05, 3.63) is 46.3 Å². The Morgan fingerprint density at radius 3 is 2.04 bits per heavy atom. The molecule has 0 saturated carbocycles. The molecule has 0 aliphatic carbocycles. The van der Waals surface area contributed by atoms with Crippen molar-refractivity contribution < 1.29 is 16.8 Å². The largest absolute Gasteiger partial charge is 0.250 e. The average Bonchev–Trinajstić information content (AvgIpc) is 2.94. The van der Waals surface area contributed by atoms with E-state index in [2.05, 4.69) is 9.44 Å². The third-order valence-corrected chi connectivity index (χ3v) is 7.74. The first-order valence-electron chi connectivity index (χ1n) is 7.02. The number of halogens is 1. The van der Waals surface area contributed by atoms with Gasteiger partial charge in [-0.1, -0.05) is 29.3 Å². The molecule has 2 N–H and O–H groups in total. The summed E-state index contributed by atoms with van der Waals surface area (Å²) in [5.74, 6) is 0. The highest BCUT2D eigenvalue weighted by molar-refractivity contribution is 7.91. The molecule has 6 nitrogen and oxygen atoms in total. The lowest BCUT2D eigenvalue weighted by molar-refractivity contribution is 0.573. The van der Waals surface area contributed by atoms with Crippen molar-refractivity contribution >= 4 is 43.0 Å². The number of thiophene rings is 1. The van der Waals surface area contributed by atoms with E-state index in [4.69, 9.17) is 11.6 Å². The summed E-state index contributed by atoms with van der Waals surface area (Å²) in [6.45, 7) is 2.12. The monoisotopic (exact) mass is 408 g/mol. The maximum atomic E-state index is 12.1. The molecule has 0 saturated heterocycles. The molecule has 0 atom stereocenters. The van der Waals surface area contributed by atoms with Crippen molar-refractivity contribution in [3.63, 3.8) is 0 Å². The number of aryl methyl sites for hydroxylation is 1. The van der Waals surface area contributed by atoms with Gasteiger partial charge in [-0.05, 0) is 37.6 Å². The van der Waals surface area contributed by atoms with E-state index in [1.54, 1.807) is 12.1 Å². The minimum absolute atomic E-state index is 0.119. The second kappa shape index (κ2) is 7.94. The first kappa shape index (κ1) is 19.4. The summed E-state index contributed by atoms with van der Waals surface area (Å²) in [4.78, 5) is 0.182. The van der Waals surface area contributed by atoms with E-state index in [1.807, 2.05) is 6.92 Å². The lowest BCUT2D eigenvalue weighted by Gasteiger charge is -2.08. The van der Waals surface area contributed by atoms with Gasteiger partial charge in [-0.15, -0.1) is 11.3 Å². The minimum Gasteiger partial charge on any atom is -0.211 e. The highest BCUT2D eigenvalue weighted by Gasteiger charge is 2.16. The van der Waals surface area contributed by atoms with Crippen LogP contribution >= 0.6 is 22.9 Å². The van der Waals surface area contributed by atoms with Crippen LogP contribution < -0.4 is 9.44 Å². The van der Waals surface area contributed by atoms with Gasteiger partial charge in [0.05, 0.1) is 9.23 Å². The molecular formula is C14H17ClN2O4S3. The average molecular weight is 409 g/mol. The van der Waals surface area contributed by atoms with E-state index in [1.165, 1.54) is 24.3 Å². The zero-order chi connectivity index (χ0) is 17.8. The molecule has 1 aromatic carbocycles. The van der Waals surface area contributed by atoms with E-state index in [-0.39, 0.29) is 22.2 Å². The maximum Gasteiger partial charge on any atom is 0.250 e. The van der Waals surface area contributed by atoms with Gasteiger partial charge < -0.3 is 0 Å². The van der Waals surface area contributed by atoms with E-state index in [0.29, 0.717) is 10.8 Å². The summed E-state index contributed by atoms with van der Waals surface area (Å²) < 4.78 is 53.4. The topological polar surface area (TPSA) is 92.3 Å². The summed E-state index contributed by atoms with van der Waals surface area (Å²) in [5.41, 5.74) is 0.969. The Morgan fingerprint density at radius 1 is 0.917 bits per heavy atom. The van der Waals surface area contributed by atoms with E-state index in [0.717, 1.165) is 16.9 Å². The number of hydrogen-bond acceptors (Lipinski definition) is 5. The fourth-order valence-electron chi connectivity index (χ4n) is 1.82. The second-order valence-corrected chi connectivity index (χ2v) is 10.5. The highest BCUT2D eigenvalue weighted by atomic mass is 35.5. The summed E-state index contributed by atoms with van der Waals surface area (Å²) >= 11 is 6.68. The van der Waals surface area contributed by atoms with Gasteiger partial charge in [-0.3, -0.25) is 0 Å². The van der Waals surface area contributed by atoms with Crippen LogP contribution in [0.4, 0.5) is 0 Å². The van der Waals surface area contributed by atoms with Crippen molar-refractivity contribution in [1.82, 2.24) is 9.44 Å². The molecule has 0 spiro atoms. The summed E-state index contributed by atoms with van der Waals surface area (Å²) in [5, 5.41) is 0. The molecule has 0 aliphatic heterocycles. The fourth-order valence-corrected chi connectivity index (χ4v) is 5.49. The van der Waals surface area contributed by atoms with Gasteiger partial charge in [0, 0.05) is 13.1 Å². The van der Waals surface area contributed by atoms with Crippen LogP contribution in [0.5, 0.6) is 0 Å². The summed E-state index contributed by atoms with van der Waals surface area (Å²) in [6, 6.07) is 9.43. The molecule has 0 aliphatic rings. The van der Waals surface area contributed by atoms with Gasteiger partial charge in [0.25, 0.3) is 0 Å². The minimum atomic E-state index is -3.61. The normalized spacial score (nSPS) is 12.4. The quantitative estimate of drug-likeness (QED) is 0.656. The Bertz CT molecular complexity index is 890. The molecular weight excluding hydrogens is 392 g/mol. The lowest BCUT2D eigenvalue weighted by Crippen LogP contribution is -2.29. The van der Waals surface area contributed by atoms with E-state index < -0.39 is 20.0 Å². The van der Waals surface area contributed by atoms with Gasteiger partial charge in [0.1, 0.15) is 4.21 Å². The van der Waals surface area contributed by atoms with Crippen LogP contribution in [0.15, 0.2) is 45.5 Å². The molecule has 10 heteroatoms. The van der Waals surface area contributed by atoms with Crippen LogP contribution in [0.25, 0.3) is 0 Å². The number of nitrogens with one attached hydrogen (secondary N) is 2. The molecule has 132 valence electrons. The molecule has 0 bridgehead atoms. The third-order valence-electron chi connectivity index (χ3n) is 3.08. The number of rotatable bonds is 8. The number of benzene rings is 1. The molecule has 1 heterocycles. The molecule has 24 heavy (non-hydrogen) atoms. The molecule has 0 amide bonds. The smallest absolute Gasteiger partial charge is 0.211 e. The zero-order valence-corrected chi connectivity index (χ0v) is 16.0. The van der Waals surface area contributed by atoms with Crippen molar-refractivity contribution in [3.8, 4) is 0 Å². The van der Waals surface area contributed by atoms with Crippen LogP contribution in [0.3, 0.4) is 0 Å². The Balaban J connectivity index is 1.81. The number of sulfonamides is 2. The Kier molecular flexibility index (Phi) is 6.40. The van der Waals surface area contributed by atoms with Crippen LogP contribution in [0.2, 0.25) is 4.34 Å². The standard InChI is InChI=1S/C14H17ClN2O4S3/c1-11-3-5-12(6-4-11)23(18,19)16-9-2-10-17-24(20,21)14-8-7-13(15)22-14/h3-8,16-17H,2,9-10H2,1H3. The first-order valence-corrected chi connectivity index (χ1v) is 11.2. The zero-order valence-electron chi connectivity index (χ0n) is 12.8. The highest BCUT2D eigenvalue weighted by Crippen LogP contribution is 2.25. The van der Waals surface area contributed by atoms with Gasteiger partial charge in [0.15, 0.2) is 0 Å². The van der Waals surface area contributed by atoms with E-state index >= 15 is 0 Å². The molecule has 1 aromatic heterocycles. The Morgan fingerprint density at radius 2 is 1.50 bits per heavy atom. The molecule has 2 aromatic rings. The predicted molar refractivity (Wildman–Crippen MR) is 95.5 cm³/mol. The molecule has 0 fully saturated rings. The van der Waals surface area contributed by atoms with E-state index in [9.17, 15) is 16.8 Å². The first-order chi connectivity index (χ1) is 11.2. The fraction of sp³-hybridized carbons (Fsp3) is 0.286. The predicted octanol–water partition coefficient (Wildman–Crippen LogP) is 2.36. The van der Waals surface area contributed by atoms with Crippen LogP contribution in [0.1, 0.15) is 12.0 Å². The Hall–Kier alpha value is -0.970. The van der Waals surface area contributed by atoms with Crippen molar-refractivity contribution in [2.24, 2.45) is 0 Å². The summed E-state index contributed by atoms with van der Waals surface area (Å²) in [7, 11) is -7.19. The van der Waals surface area contributed by atoms with Gasteiger partial charge in [0.2, 0.25) is 20.0 Å². The second-order valence-electron chi connectivity index (χ2n) is 5.02.